The molecular weight excluding hydrogens is 420 g/mol. The summed E-state index contributed by atoms with van der Waals surface area (Å²) >= 11 is 3.51. The first-order valence-corrected chi connectivity index (χ1v) is 9.81. The van der Waals surface area contributed by atoms with E-state index in [-0.39, 0.29) is 0 Å². The fraction of sp³-hybridized carbons (Fsp3) is 0.250. The van der Waals surface area contributed by atoms with Gasteiger partial charge in [0.15, 0.2) is 5.96 Å². The molecule has 0 spiro atoms. The Hall–Kier alpha value is -2.87. The van der Waals surface area contributed by atoms with Gasteiger partial charge in [-0.1, -0.05) is 40.2 Å². The van der Waals surface area contributed by atoms with Crippen molar-refractivity contribution in [2.24, 2.45) is 12.0 Å². The van der Waals surface area contributed by atoms with E-state index in [4.69, 9.17) is 4.74 Å². The molecule has 3 rings (SSSR count). The Morgan fingerprint density at radius 3 is 2.71 bits per heavy atom. The average molecular weight is 443 g/mol. The Morgan fingerprint density at radius 2 is 2.00 bits per heavy atom. The van der Waals surface area contributed by atoms with Crippen molar-refractivity contribution in [2.45, 2.75) is 20.0 Å². The number of nitrogens with zero attached hydrogens (tertiary/aromatic N) is 4. The van der Waals surface area contributed by atoms with Gasteiger partial charge in [-0.25, -0.2) is 9.98 Å². The van der Waals surface area contributed by atoms with Crippen LogP contribution in [0.15, 0.2) is 64.3 Å². The number of aliphatic imine (C=N–C) groups is 1. The molecule has 0 fully saturated rings. The van der Waals surface area contributed by atoms with Crippen molar-refractivity contribution in [2.75, 3.05) is 6.54 Å². The number of para-hydroxylation sites is 1. The van der Waals surface area contributed by atoms with Crippen LogP contribution in [0.3, 0.4) is 0 Å². The molecule has 0 atom stereocenters. The van der Waals surface area contributed by atoms with Crippen LogP contribution >= 0.6 is 15.9 Å². The Morgan fingerprint density at radius 1 is 1.18 bits per heavy atom. The van der Waals surface area contributed by atoms with Gasteiger partial charge < -0.3 is 15.4 Å². The number of rotatable bonds is 7. The minimum Gasteiger partial charge on any atom is -0.457 e. The van der Waals surface area contributed by atoms with Crippen molar-refractivity contribution in [3.05, 3.63) is 70.7 Å². The fourth-order valence-electron chi connectivity index (χ4n) is 2.52. The molecule has 0 aliphatic rings. The zero-order valence-corrected chi connectivity index (χ0v) is 17.5. The highest BCUT2D eigenvalue weighted by atomic mass is 79.9. The molecule has 0 aliphatic heterocycles. The first-order chi connectivity index (χ1) is 13.7. The van der Waals surface area contributed by atoms with E-state index < -0.39 is 0 Å². The lowest BCUT2D eigenvalue weighted by Crippen LogP contribution is -2.37. The van der Waals surface area contributed by atoms with Crippen molar-refractivity contribution in [3.8, 4) is 11.5 Å². The molecule has 0 unspecified atom stereocenters. The van der Waals surface area contributed by atoms with Crippen LogP contribution in [0.25, 0.3) is 0 Å². The SMILES string of the molecule is CCNC(=NCc1ccc(Br)cc1Oc1ccccc1)NCc1ncnn1C. The molecule has 28 heavy (non-hydrogen) atoms. The summed E-state index contributed by atoms with van der Waals surface area (Å²) in [6.45, 7) is 3.81. The van der Waals surface area contributed by atoms with Gasteiger partial charge in [0.25, 0.3) is 0 Å². The minimum atomic E-state index is 0.476. The van der Waals surface area contributed by atoms with Gasteiger partial charge in [-0.15, -0.1) is 0 Å². The molecule has 2 aromatic carbocycles. The minimum absolute atomic E-state index is 0.476. The maximum absolute atomic E-state index is 6.06. The first kappa shape index (κ1) is 19.9. The first-order valence-electron chi connectivity index (χ1n) is 9.02. The predicted molar refractivity (Wildman–Crippen MR) is 113 cm³/mol. The van der Waals surface area contributed by atoms with Gasteiger partial charge in [0.2, 0.25) is 0 Å². The van der Waals surface area contributed by atoms with E-state index in [1.807, 2.05) is 62.5 Å². The Labute approximate surface area is 173 Å². The summed E-state index contributed by atoms with van der Waals surface area (Å²) in [6.07, 6.45) is 1.54. The summed E-state index contributed by atoms with van der Waals surface area (Å²) in [7, 11) is 1.86. The van der Waals surface area contributed by atoms with Crippen LogP contribution in [0.1, 0.15) is 18.3 Å². The van der Waals surface area contributed by atoms with Crippen LogP contribution in [-0.4, -0.2) is 27.3 Å². The Bertz CT molecular complexity index is 925. The highest BCUT2D eigenvalue weighted by Crippen LogP contribution is 2.29. The molecule has 0 radical (unpaired) electrons. The number of aromatic nitrogens is 3. The smallest absolute Gasteiger partial charge is 0.191 e. The molecule has 0 amide bonds. The molecular formula is C20H23BrN6O. The lowest BCUT2D eigenvalue weighted by atomic mass is 10.2. The molecule has 8 heteroatoms. The molecule has 2 N–H and O–H groups in total. The second-order valence-corrected chi connectivity index (χ2v) is 6.93. The summed E-state index contributed by atoms with van der Waals surface area (Å²) in [4.78, 5) is 8.90. The van der Waals surface area contributed by atoms with E-state index in [1.165, 1.54) is 6.33 Å². The standard InChI is InChI=1S/C20H23BrN6O/c1-3-22-20(24-13-19-25-14-26-27(19)2)23-12-15-9-10-16(21)11-18(15)28-17-7-5-4-6-8-17/h4-11,14H,3,12-13H2,1-2H3,(H2,22,23,24). The highest BCUT2D eigenvalue weighted by Gasteiger charge is 2.08. The van der Waals surface area contributed by atoms with E-state index in [9.17, 15) is 0 Å². The fourth-order valence-corrected chi connectivity index (χ4v) is 2.86. The maximum Gasteiger partial charge on any atom is 0.191 e. The normalized spacial score (nSPS) is 11.3. The van der Waals surface area contributed by atoms with Crippen LogP contribution in [0.4, 0.5) is 0 Å². The van der Waals surface area contributed by atoms with Crippen LogP contribution in [-0.2, 0) is 20.1 Å². The van der Waals surface area contributed by atoms with Crippen molar-refractivity contribution < 1.29 is 4.74 Å². The third kappa shape index (κ3) is 5.56. The Balaban J connectivity index is 1.73. The summed E-state index contributed by atoms with van der Waals surface area (Å²) in [5.41, 5.74) is 0.989. The third-order valence-electron chi connectivity index (χ3n) is 3.97. The van der Waals surface area contributed by atoms with Gasteiger partial charge in [0.05, 0.1) is 13.1 Å². The molecule has 1 aromatic heterocycles. The van der Waals surface area contributed by atoms with Gasteiger partial charge in [-0.05, 0) is 31.2 Å². The van der Waals surface area contributed by atoms with E-state index in [0.717, 1.165) is 33.9 Å². The lowest BCUT2D eigenvalue weighted by molar-refractivity contribution is 0.476. The second-order valence-electron chi connectivity index (χ2n) is 6.02. The number of aryl methyl sites for hydroxylation is 1. The summed E-state index contributed by atoms with van der Waals surface area (Å²) in [5.74, 6) is 3.10. The molecule has 0 aliphatic carbocycles. The molecule has 1 heterocycles. The van der Waals surface area contributed by atoms with Crippen LogP contribution in [0.5, 0.6) is 11.5 Å². The van der Waals surface area contributed by atoms with E-state index in [1.54, 1.807) is 4.68 Å². The van der Waals surface area contributed by atoms with Crippen LogP contribution < -0.4 is 15.4 Å². The van der Waals surface area contributed by atoms with Crippen LogP contribution in [0, 0.1) is 0 Å². The van der Waals surface area contributed by atoms with Gasteiger partial charge in [-0.3, -0.25) is 4.68 Å². The molecule has 146 valence electrons. The van der Waals surface area contributed by atoms with Crippen molar-refractivity contribution in [1.82, 2.24) is 25.4 Å². The highest BCUT2D eigenvalue weighted by molar-refractivity contribution is 9.10. The largest absolute Gasteiger partial charge is 0.457 e. The zero-order valence-electron chi connectivity index (χ0n) is 15.9. The lowest BCUT2D eigenvalue weighted by Gasteiger charge is -2.13. The molecule has 0 saturated carbocycles. The number of hydrogen-bond donors (Lipinski definition) is 2. The maximum atomic E-state index is 6.06. The molecule has 0 saturated heterocycles. The topological polar surface area (TPSA) is 76.4 Å². The molecule has 0 bridgehead atoms. The Kier molecular flexibility index (Phi) is 7.02. The summed E-state index contributed by atoms with van der Waals surface area (Å²) in [6, 6.07) is 15.7. The van der Waals surface area contributed by atoms with Gasteiger partial charge >= 0.3 is 0 Å². The number of benzene rings is 2. The number of guanidine groups is 1. The van der Waals surface area contributed by atoms with Crippen molar-refractivity contribution in [1.29, 1.82) is 0 Å². The zero-order chi connectivity index (χ0) is 19.8. The average Bonchev–Trinajstić information content (AvgIpc) is 3.11. The predicted octanol–water partition coefficient (Wildman–Crippen LogP) is 3.63. The van der Waals surface area contributed by atoms with Gasteiger partial charge in [0.1, 0.15) is 23.7 Å². The number of hydrogen-bond acceptors (Lipinski definition) is 4. The van der Waals surface area contributed by atoms with Gasteiger partial charge in [0, 0.05) is 23.6 Å². The van der Waals surface area contributed by atoms with Crippen LogP contribution in [0.2, 0.25) is 0 Å². The van der Waals surface area contributed by atoms with Crippen molar-refractivity contribution >= 4 is 21.9 Å². The van der Waals surface area contributed by atoms with E-state index in [2.05, 4.69) is 41.6 Å². The third-order valence-corrected chi connectivity index (χ3v) is 4.46. The van der Waals surface area contributed by atoms with Gasteiger partial charge in [-0.2, -0.15) is 5.10 Å². The van der Waals surface area contributed by atoms with E-state index in [0.29, 0.717) is 19.0 Å². The van der Waals surface area contributed by atoms with Crippen molar-refractivity contribution in [3.63, 3.8) is 0 Å². The summed E-state index contributed by atoms with van der Waals surface area (Å²) < 4.78 is 8.75. The number of nitrogens with one attached hydrogen (secondary N) is 2. The molecule has 7 nitrogen and oxygen atoms in total. The monoisotopic (exact) mass is 442 g/mol. The van der Waals surface area contributed by atoms with E-state index >= 15 is 0 Å². The number of halogens is 1. The second kappa shape index (κ2) is 9.89. The number of ether oxygens (including phenoxy) is 1. The summed E-state index contributed by atoms with van der Waals surface area (Å²) in [5, 5.41) is 10.6. The molecule has 3 aromatic rings. The quantitative estimate of drug-likeness (QED) is 0.431.